The van der Waals surface area contributed by atoms with Crippen molar-refractivity contribution >= 4 is 5.91 Å². The third-order valence-electron chi connectivity index (χ3n) is 3.23. The van der Waals surface area contributed by atoms with E-state index in [-0.39, 0.29) is 11.4 Å². The molecule has 1 amide bonds. The van der Waals surface area contributed by atoms with Gasteiger partial charge in [0.05, 0.1) is 6.54 Å². The minimum Gasteiger partial charge on any atom is -0.350 e. The highest BCUT2D eigenvalue weighted by Crippen LogP contribution is 2.21. The summed E-state index contributed by atoms with van der Waals surface area (Å²) in [5.41, 5.74) is 5.63. The largest absolute Gasteiger partial charge is 0.350 e. The van der Waals surface area contributed by atoms with E-state index in [0.717, 1.165) is 18.9 Å². The van der Waals surface area contributed by atoms with Crippen LogP contribution in [0.4, 0.5) is 0 Å². The Hall–Kier alpha value is -0.610. The first-order valence-corrected chi connectivity index (χ1v) is 6.57. The quantitative estimate of drug-likeness (QED) is 0.774. The summed E-state index contributed by atoms with van der Waals surface area (Å²) in [6.45, 7) is 10.4. The van der Waals surface area contributed by atoms with Crippen LogP contribution >= 0.6 is 0 Å². The second kappa shape index (κ2) is 5.83. The molecule has 1 aliphatic rings. The number of carbonyl (C=O) groups is 1. The summed E-state index contributed by atoms with van der Waals surface area (Å²) < 4.78 is 0. The van der Waals surface area contributed by atoms with Crippen LogP contribution in [0.3, 0.4) is 0 Å². The Morgan fingerprint density at radius 2 is 2.12 bits per heavy atom. The zero-order valence-corrected chi connectivity index (χ0v) is 11.6. The van der Waals surface area contributed by atoms with Crippen LogP contribution in [0.25, 0.3) is 0 Å². The predicted molar refractivity (Wildman–Crippen MR) is 70.7 cm³/mol. The van der Waals surface area contributed by atoms with Gasteiger partial charge >= 0.3 is 0 Å². The molecule has 0 aromatic rings. The Morgan fingerprint density at radius 3 is 2.65 bits per heavy atom. The van der Waals surface area contributed by atoms with Crippen molar-refractivity contribution in [3.05, 3.63) is 0 Å². The number of likely N-dealkylation sites (tertiary alicyclic amines) is 1. The molecule has 1 saturated heterocycles. The van der Waals surface area contributed by atoms with E-state index in [4.69, 9.17) is 5.73 Å². The van der Waals surface area contributed by atoms with Crippen LogP contribution in [0.2, 0.25) is 0 Å². The van der Waals surface area contributed by atoms with Crippen molar-refractivity contribution in [3.8, 4) is 0 Å². The van der Waals surface area contributed by atoms with E-state index < -0.39 is 0 Å². The molecule has 0 spiro atoms. The zero-order chi connectivity index (χ0) is 13.1. The topological polar surface area (TPSA) is 58.4 Å². The van der Waals surface area contributed by atoms with Gasteiger partial charge in [-0.3, -0.25) is 9.69 Å². The lowest BCUT2D eigenvalue weighted by Gasteiger charge is -2.38. The molecule has 1 fully saturated rings. The van der Waals surface area contributed by atoms with E-state index in [9.17, 15) is 4.79 Å². The van der Waals surface area contributed by atoms with Crippen LogP contribution in [-0.4, -0.2) is 42.0 Å². The SMILES string of the molecule is CC1CCN(CC(=O)NC(C)(C)C)C(CN)C1. The third kappa shape index (κ3) is 5.04. The van der Waals surface area contributed by atoms with Gasteiger partial charge in [-0.1, -0.05) is 6.92 Å². The Labute approximate surface area is 105 Å². The second-order valence-electron chi connectivity index (χ2n) is 6.29. The molecule has 0 aromatic carbocycles. The van der Waals surface area contributed by atoms with Crippen molar-refractivity contribution in [2.24, 2.45) is 11.7 Å². The summed E-state index contributed by atoms with van der Waals surface area (Å²) in [6.07, 6.45) is 2.28. The van der Waals surface area contributed by atoms with Gasteiger partial charge in [-0.25, -0.2) is 0 Å². The highest BCUT2D eigenvalue weighted by atomic mass is 16.2. The van der Waals surface area contributed by atoms with Gasteiger partial charge in [0.15, 0.2) is 0 Å². The number of hydrogen-bond acceptors (Lipinski definition) is 3. The van der Waals surface area contributed by atoms with Crippen molar-refractivity contribution in [1.82, 2.24) is 10.2 Å². The molecule has 0 radical (unpaired) electrons. The molecule has 2 atom stereocenters. The average Bonchev–Trinajstić information content (AvgIpc) is 2.17. The summed E-state index contributed by atoms with van der Waals surface area (Å²) in [7, 11) is 0. The van der Waals surface area contributed by atoms with Crippen LogP contribution in [0.15, 0.2) is 0 Å². The maximum atomic E-state index is 11.9. The molecular weight excluding hydrogens is 214 g/mol. The van der Waals surface area contributed by atoms with E-state index in [1.807, 2.05) is 20.8 Å². The first-order valence-electron chi connectivity index (χ1n) is 6.57. The number of nitrogens with two attached hydrogens (primary N) is 1. The monoisotopic (exact) mass is 241 g/mol. The molecular formula is C13H27N3O. The van der Waals surface area contributed by atoms with Crippen molar-refractivity contribution in [2.45, 2.75) is 52.1 Å². The number of amides is 1. The number of hydrogen-bond donors (Lipinski definition) is 2. The van der Waals surface area contributed by atoms with E-state index in [2.05, 4.69) is 17.1 Å². The minimum atomic E-state index is -0.154. The van der Waals surface area contributed by atoms with Gasteiger partial charge in [0.1, 0.15) is 0 Å². The summed E-state index contributed by atoms with van der Waals surface area (Å²) in [5, 5.41) is 3.00. The second-order valence-corrected chi connectivity index (χ2v) is 6.29. The normalized spacial score (nSPS) is 26.9. The van der Waals surface area contributed by atoms with Crippen molar-refractivity contribution < 1.29 is 4.79 Å². The van der Waals surface area contributed by atoms with Crippen LogP contribution in [0.1, 0.15) is 40.5 Å². The molecule has 1 heterocycles. The fourth-order valence-corrected chi connectivity index (χ4v) is 2.40. The van der Waals surface area contributed by atoms with Crippen molar-refractivity contribution in [1.29, 1.82) is 0 Å². The molecule has 2 unspecified atom stereocenters. The van der Waals surface area contributed by atoms with E-state index in [1.165, 1.54) is 6.42 Å². The summed E-state index contributed by atoms with van der Waals surface area (Å²) in [6, 6.07) is 0.365. The van der Waals surface area contributed by atoms with Gasteiger partial charge in [-0.05, 0) is 46.1 Å². The molecule has 3 N–H and O–H groups in total. The lowest BCUT2D eigenvalue weighted by Crippen LogP contribution is -2.52. The number of carbonyl (C=O) groups excluding carboxylic acids is 1. The Bertz CT molecular complexity index is 260. The van der Waals surface area contributed by atoms with Gasteiger partial charge in [-0.15, -0.1) is 0 Å². The van der Waals surface area contributed by atoms with Crippen molar-refractivity contribution in [3.63, 3.8) is 0 Å². The number of nitrogens with one attached hydrogen (secondary N) is 1. The van der Waals surface area contributed by atoms with Crippen LogP contribution in [-0.2, 0) is 4.79 Å². The Kier molecular flexibility index (Phi) is 4.95. The van der Waals surface area contributed by atoms with Gasteiger partial charge in [0, 0.05) is 18.1 Å². The van der Waals surface area contributed by atoms with Crippen LogP contribution < -0.4 is 11.1 Å². The standard InChI is InChI=1S/C13H27N3O/c1-10-5-6-16(11(7-10)8-14)9-12(17)15-13(2,3)4/h10-11H,5-9,14H2,1-4H3,(H,15,17). The first-order chi connectivity index (χ1) is 7.81. The van der Waals surface area contributed by atoms with Gasteiger partial charge < -0.3 is 11.1 Å². The summed E-state index contributed by atoms with van der Waals surface area (Å²) >= 11 is 0. The fraction of sp³-hybridized carbons (Fsp3) is 0.923. The predicted octanol–water partition coefficient (Wildman–Crippen LogP) is 0.960. The van der Waals surface area contributed by atoms with E-state index in [0.29, 0.717) is 19.1 Å². The molecule has 0 saturated carbocycles. The highest BCUT2D eigenvalue weighted by Gasteiger charge is 2.27. The van der Waals surface area contributed by atoms with Crippen molar-refractivity contribution in [2.75, 3.05) is 19.6 Å². The maximum absolute atomic E-state index is 11.9. The smallest absolute Gasteiger partial charge is 0.234 e. The van der Waals surface area contributed by atoms with Gasteiger partial charge in [0.2, 0.25) is 5.91 Å². The van der Waals surface area contributed by atoms with E-state index in [1.54, 1.807) is 0 Å². The third-order valence-corrected chi connectivity index (χ3v) is 3.23. The number of nitrogens with zero attached hydrogens (tertiary/aromatic N) is 1. The molecule has 0 bridgehead atoms. The molecule has 4 nitrogen and oxygen atoms in total. The summed E-state index contributed by atoms with van der Waals surface area (Å²) in [4.78, 5) is 14.1. The van der Waals surface area contributed by atoms with Crippen LogP contribution in [0, 0.1) is 5.92 Å². The molecule has 4 heteroatoms. The fourth-order valence-electron chi connectivity index (χ4n) is 2.40. The molecule has 0 aromatic heterocycles. The van der Waals surface area contributed by atoms with Gasteiger partial charge in [0.25, 0.3) is 0 Å². The summed E-state index contributed by atoms with van der Waals surface area (Å²) in [5.74, 6) is 0.830. The number of rotatable bonds is 3. The molecule has 100 valence electrons. The first kappa shape index (κ1) is 14.5. The average molecular weight is 241 g/mol. The van der Waals surface area contributed by atoms with Crippen LogP contribution in [0.5, 0.6) is 0 Å². The lowest BCUT2D eigenvalue weighted by atomic mass is 9.92. The zero-order valence-electron chi connectivity index (χ0n) is 11.6. The molecule has 1 rings (SSSR count). The molecule has 17 heavy (non-hydrogen) atoms. The minimum absolute atomic E-state index is 0.102. The highest BCUT2D eigenvalue weighted by molar-refractivity contribution is 5.78. The molecule has 0 aliphatic carbocycles. The van der Waals surface area contributed by atoms with Gasteiger partial charge in [-0.2, -0.15) is 0 Å². The number of piperidine rings is 1. The molecule has 1 aliphatic heterocycles. The Morgan fingerprint density at radius 1 is 1.47 bits per heavy atom. The Balaban J connectivity index is 2.47. The maximum Gasteiger partial charge on any atom is 0.234 e. The van der Waals surface area contributed by atoms with E-state index >= 15 is 0 Å². The lowest BCUT2D eigenvalue weighted by molar-refractivity contribution is -0.124.